The molecule has 5 heteroatoms. The molecule has 0 heterocycles. The maximum Gasteiger partial charge on any atom is 0.153 e. The predicted molar refractivity (Wildman–Crippen MR) is 58.8 cm³/mol. The average molecular weight is 252 g/mol. The highest BCUT2D eigenvalue weighted by Crippen LogP contribution is 2.30. The first-order chi connectivity index (χ1) is 8.52. The van der Waals surface area contributed by atoms with Crippen LogP contribution in [0.3, 0.4) is 0 Å². The molecule has 2 rings (SSSR count). The van der Waals surface area contributed by atoms with Crippen molar-refractivity contribution < 1.29 is 23.1 Å². The van der Waals surface area contributed by atoms with Crippen molar-refractivity contribution in [2.75, 3.05) is 0 Å². The van der Waals surface area contributed by atoms with E-state index in [9.17, 15) is 23.1 Å². The fourth-order valence-electron chi connectivity index (χ4n) is 1.62. The first-order valence-electron chi connectivity index (χ1n) is 4.96. The van der Waals surface area contributed by atoms with Gasteiger partial charge in [-0.25, -0.2) is 13.2 Å². The van der Waals surface area contributed by atoms with Crippen LogP contribution in [0.25, 0.3) is 11.1 Å². The normalized spacial score (nSPS) is 10.4. The Morgan fingerprint density at radius 1 is 1.00 bits per heavy atom. The molecular weight excluding hydrogens is 245 g/mol. The zero-order valence-electron chi connectivity index (χ0n) is 8.95. The summed E-state index contributed by atoms with van der Waals surface area (Å²) in [5.41, 5.74) is -0.432. The lowest BCUT2D eigenvalue weighted by molar-refractivity contribution is 0.112. The first kappa shape index (κ1) is 12.2. The van der Waals surface area contributed by atoms with E-state index < -0.39 is 28.8 Å². The maximum atomic E-state index is 13.5. The smallest absolute Gasteiger partial charge is 0.153 e. The molecule has 0 saturated heterocycles. The van der Waals surface area contributed by atoms with Crippen molar-refractivity contribution in [1.82, 2.24) is 0 Å². The van der Waals surface area contributed by atoms with Crippen LogP contribution >= 0.6 is 0 Å². The second kappa shape index (κ2) is 4.52. The van der Waals surface area contributed by atoms with Crippen LogP contribution in [0.4, 0.5) is 13.2 Å². The summed E-state index contributed by atoms with van der Waals surface area (Å²) in [7, 11) is 0. The summed E-state index contributed by atoms with van der Waals surface area (Å²) < 4.78 is 39.7. The number of hydrogen-bond acceptors (Lipinski definition) is 2. The lowest BCUT2D eigenvalue weighted by Gasteiger charge is -2.07. The topological polar surface area (TPSA) is 37.3 Å². The third kappa shape index (κ3) is 2.07. The van der Waals surface area contributed by atoms with E-state index in [1.807, 2.05) is 0 Å². The minimum atomic E-state index is -1.08. The van der Waals surface area contributed by atoms with Crippen molar-refractivity contribution >= 4 is 6.29 Å². The fraction of sp³-hybridized carbons (Fsp3) is 0. The maximum absolute atomic E-state index is 13.5. The van der Waals surface area contributed by atoms with E-state index in [1.165, 1.54) is 12.1 Å². The zero-order chi connectivity index (χ0) is 13.3. The number of halogens is 3. The summed E-state index contributed by atoms with van der Waals surface area (Å²) in [5, 5.41) is 9.44. The number of hydrogen-bond donors (Lipinski definition) is 1. The molecule has 0 aliphatic carbocycles. The number of carbonyl (C=O) groups is 1. The SMILES string of the molecule is O=Cc1ccc(-c2c(F)cc(F)cc2F)cc1O. The zero-order valence-corrected chi connectivity index (χ0v) is 8.95. The lowest BCUT2D eigenvalue weighted by Crippen LogP contribution is -1.93. The van der Waals surface area contributed by atoms with Gasteiger partial charge in [0.15, 0.2) is 6.29 Å². The Bertz CT molecular complexity index is 601. The van der Waals surface area contributed by atoms with E-state index in [2.05, 4.69) is 0 Å². The van der Waals surface area contributed by atoms with Gasteiger partial charge in [0.1, 0.15) is 23.2 Å². The fourth-order valence-corrected chi connectivity index (χ4v) is 1.62. The number of benzene rings is 2. The highest BCUT2D eigenvalue weighted by atomic mass is 19.1. The van der Waals surface area contributed by atoms with E-state index in [1.54, 1.807) is 0 Å². The molecule has 0 aliphatic rings. The van der Waals surface area contributed by atoms with Crippen molar-refractivity contribution in [3.8, 4) is 16.9 Å². The van der Waals surface area contributed by atoms with Gasteiger partial charge in [-0.15, -0.1) is 0 Å². The summed E-state index contributed by atoms with van der Waals surface area (Å²) in [6, 6.07) is 4.62. The number of aromatic hydroxyl groups is 1. The van der Waals surface area contributed by atoms with E-state index >= 15 is 0 Å². The molecule has 18 heavy (non-hydrogen) atoms. The number of aldehydes is 1. The summed E-state index contributed by atoms with van der Waals surface area (Å²) in [4.78, 5) is 10.5. The molecule has 0 atom stereocenters. The number of carbonyl (C=O) groups excluding carboxylic acids is 1. The summed E-state index contributed by atoms with van der Waals surface area (Å²) in [6.45, 7) is 0. The highest BCUT2D eigenvalue weighted by Gasteiger charge is 2.14. The molecule has 0 saturated carbocycles. The Hall–Kier alpha value is -2.30. The van der Waals surface area contributed by atoms with Crippen LogP contribution in [0.15, 0.2) is 30.3 Å². The second-order valence-corrected chi connectivity index (χ2v) is 3.64. The summed E-state index contributed by atoms with van der Waals surface area (Å²) in [6.07, 6.45) is 0.413. The molecule has 0 aromatic heterocycles. The van der Waals surface area contributed by atoms with Crippen LogP contribution in [0, 0.1) is 17.5 Å². The number of rotatable bonds is 2. The van der Waals surface area contributed by atoms with Gasteiger partial charge in [0, 0.05) is 12.1 Å². The van der Waals surface area contributed by atoms with Crippen molar-refractivity contribution in [2.24, 2.45) is 0 Å². The minimum Gasteiger partial charge on any atom is -0.507 e. The molecule has 0 radical (unpaired) electrons. The van der Waals surface area contributed by atoms with Gasteiger partial charge in [-0.05, 0) is 17.7 Å². The van der Waals surface area contributed by atoms with Crippen LogP contribution in [0.5, 0.6) is 5.75 Å². The summed E-state index contributed by atoms with van der Waals surface area (Å²) >= 11 is 0. The molecule has 0 aliphatic heterocycles. The van der Waals surface area contributed by atoms with Crippen LogP contribution in [-0.2, 0) is 0 Å². The van der Waals surface area contributed by atoms with Gasteiger partial charge in [0.05, 0.1) is 11.1 Å². The van der Waals surface area contributed by atoms with E-state index in [4.69, 9.17) is 0 Å². The van der Waals surface area contributed by atoms with E-state index in [0.717, 1.165) is 6.07 Å². The Morgan fingerprint density at radius 3 is 2.11 bits per heavy atom. The Morgan fingerprint density at radius 2 is 1.61 bits per heavy atom. The van der Waals surface area contributed by atoms with Crippen molar-refractivity contribution in [3.63, 3.8) is 0 Å². The van der Waals surface area contributed by atoms with E-state index in [-0.39, 0.29) is 11.1 Å². The van der Waals surface area contributed by atoms with Crippen LogP contribution in [-0.4, -0.2) is 11.4 Å². The Labute approximate surface area is 100 Å². The van der Waals surface area contributed by atoms with Gasteiger partial charge in [-0.1, -0.05) is 6.07 Å². The lowest BCUT2D eigenvalue weighted by atomic mass is 10.0. The monoisotopic (exact) mass is 252 g/mol. The first-order valence-corrected chi connectivity index (χ1v) is 4.96. The van der Waals surface area contributed by atoms with Crippen molar-refractivity contribution in [1.29, 1.82) is 0 Å². The molecule has 0 spiro atoms. The van der Waals surface area contributed by atoms with Gasteiger partial charge in [0.25, 0.3) is 0 Å². The van der Waals surface area contributed by atoms with Crippen LogP contribution in [0.2, 0.25) is 0 Å². The van der Waals surface area contributed by atoms with Gasteiger partial charge < -0.3 is 5.11 Å². The van der Waals surface area contributed by atoms with Crippen LogP contribution in [0.1, 0.15) is 10.4 Å². The molecule has 0 fully saturated rings. The van der Waals surface area contributed by atoms with Crippen LogP contribution < -0.4 is 0 Å². The average Bonchev–Trinajstić information content (AvgIpc) is 2.27. The molecule has 0 unspecified atom stereocenters. The molecule has 2 aromatic carbocycles. The van der Waals surface area contributed by atoms with Gasteiger partial charge >= 0.3 is 0 Å². The molecule has 2 aromatic rings. The van der Waals surface area contributed by atoms with Gasteiger partial charge in [0.2, 0.25) is 0 Å². The number of phenolic OH excluding ortho intramolecular Hbond substituents is 1. The largest absolute Gasteiger partial charge is 0.507 e. The molecule has 0 amide bonds. The molecule has 0 bridgehead atoms. The van der Waals surface area contributed by atoms with Crippen molar-refractivity contribution in [2.45, 2.75) is 0 Å². The Kier molecular flexibility index (Phi) is 3.06. The molecule has 1 N–H and O–H groups in total. The van der Waals surface area contributed by atoms with E-state index in [0.29, 0.717) is 18.4 Å². The third-order valence-corrected chi connectivity index (χ3v) is 2.45. The molecular formula is C13H7F3O2. The second-order valence-electron chi connectivity index (χ2n) is 3.64. The molecule has 92 valence electrons. The highest BCUT2D eigenvalue weighted by molar-refractivity contribution is 5.81. The van der Waals surface area contributed by atoms with Crippen molar-refractivity contribution in [3.05, 3.63) is 53.3 Å². The molecule has 2 nitrogen and oxygen atoms in total. The summed E-state index contributed by atoms with van der Waals surface area (Å²) in [5.74, 6) is -3.58. The third-order valence-electron chi connectivity index (χ3n) is 2.45. The minimum absolute atomic E-state index is 0.00155. The number of phenols is 1. The van der Waals surface area contributed by atoms with Gasteiger partial charge in [-0.2, -0.15) is 0 Å². The van der Waals surface area contributed by atoms with Gasteiger partial charge in [-0.3, -0.25) is 4.79 Å². The predicted octanol–water partition coefficient (Wildman–Crippen LogP) is 3.29. The standard InChI is InChI=1S/C13H7F3O2/c14-9-4-10(15)13(11(16)5-9)7-1-2-8(6-17)12(18)3-7/h1-6,18H. The quantitative estimate of drug-likeness (QED) is 0.833. The Balaban J connectivity index is 2.62.